The van der Waals surface area contributed by atoms with Gasteiger partial charge in [0, 0.05) is 38.6 Å². The normalized spacial score (nSPS) is 28.2. The van der Waals surface area contributed by atoms with Crippen LogP contribution in [0.1, 0.15) is 12.0 Å². The van der Waals surface area contributed by atoms with Crippen LogP contribution in [0.2, 0.25) is 0 Å². The van der Waals surface area contributed by atoms with E-state index in [9.17, 15) is 8.42 Å². The van der Waals surface area contributed by atoms with Gasteiger partial charge < -0.3 is 4.74 Å². The van der Waals surface area contributed by atoms with Crippen molar-refractivity contribution in [1.82, 2.24) is 14.2 Å². The van der Waals surface area contributed by atoms with Crippen molar-refractivity contribution in [2.75, 3.05) is 32.5 Å². The standard InChI is InChI=1S/C14H21N3O3S/c1-21(18,19)17-7-4-14-13(11-17)16(8-9-20-14)10-12-2-5-15-6-3-12/h2-3,5-6,13-14H,4,7-11H2,1H3/t13-,14-/m0/s1. The Balaban J connectivity index is 1.74. The average molecular weight is 311 g/mol. The van der Waals surface area contributed by atoms with Crippen LogP contribution in [0.25, 0.3) is 0 Å². The highest BCUT2D eigenvalue weighted by Gasteiger charge is 2.39. The molecule has 0 aromatic carbocycles. The van der Waals surface area contributed by atoms with Gasteiger partial charge in [-0.1, -0.05) is 0 Å². The van der Waals surface area contributed by atoms with E-state index in [2.05, 4.69) is 9.88 Å². The summed E-state index contributed by atoms with van der Waals surface area (Å²) in [6.07, 6.45) is 5.77. The van der Waals surface area contributed by atoms with E-state index < -0.39 is 10.0 Å². The second-order valence-corrected chi connectivity index (χ2v) is 7.69. The predicted molar refractivity (Wildman–Crippen MR) is 79.2 cm³/mol. The molecule has 0 spiro atoms. The van der Waals surface area contributed by atoms with Crippen LogP contribution in [0.15, 0.2) is 24.5 Å². The van der Waals surface area contributed by atoms with Gasteiger partial charge >= 0.3 is 0 Å². The second-order valence-electron chi connectivity index (χ2n) is 5.71. The minimum Gasteiger partial charge on any atom is -0.375 e. The lowest BCUT2D eigenvalue weighted by Crippen LogP contribution is -2.60. The van der Waals surface area contributed by atoms with Gasteiger partial charge in [0.25, 0.3) is 0 Å². The van der Waals surface area contributed by atoms with E-state index in [1.165, 1.54) is 11.8 Å². The number of hydrogen-bond donors (Lipinski definition) is 0. The molecule has 6 nitrogen and oxygen atoms in total. The summed E-state index contributed by atoms with van der Waals surface area (Å²) in [5, 5.41) is 0. The van der Waals surface area contributed by atoms with E-state index in [4.69, 9.17) is 4.74 Å². The van der Waals surface area contributed by atoms with Gasteiger partial charge in [-0.3, -0.25) is 9.88 Å². The van der Waals surface area contributed by atoms with Gasteiger partial charge in [-0.15, -0.1) is 0 Å². The van der Waals surface area contributed by atoms with Gasteiger partial charge in [0.1, 0.15) is 0 Å². The van der Waals surface area contributed by atoms with Gasteiger partial charge in [0.2, 0.25) is 10.0 Å². The lowest BCUT2D eigenvalue weighted by atomic mass is 9.99. The molecule has 0 unspecified atom stereocenters. The number of hydrogen-bond acceptors (Lipinski definition) is 5. The van der Waals surface area contributed by atoms with Crippen LogP contribution in [0.3, 0.4) is 0 Å². The molecule has 2 aliphatic heterocycles. The molecular formula is C14H21N3O3S. The molecule has 2 aliphatic rings. The van der Waals surface area contributed by atoms with Crippen LogP contribution in [0.5, 0.6) is 0 Å². The van der Waals surface area contributed by atoms with Crippen LogP contribution in [0, 0.1) is 0 Å². The summed E-state index contributed by atoms with van der Waals surface area (Å²) in [7, 11) is -3.13. The monoisotopic (exact) mass is 311 g/mol. The van der Waals surface area contributed by atoms with Gasteiger partial charge in [-0.25, -0.2) is 12.7 Å². The Morgan fingerprint density at radius 3 is 2.81 bits per heavy atom. The van der Waals surface area contributed by atoms with Crippen molar-refractivity contribution < 1.29 is 13.2 Å². The number of pyridine rings is 1. The number of fused-ring (bicyclic) bond motifs is 1. The summed E-state index contributed by atoms with van der Waals surface area (Å²) in [6.45, 7) is 3.44. The third-order valence-electron chi connectivity index (χ3n) is 4.27. The first kappa shape index (κ1) is 14.9. The Morgan fingerprint density at radius 1 is 1.33 bits per heavy atom. The highest BCUT2D eigenvalue weighted by Crippen LogP contribution is 2.25. The summed E-state index contributed by atoms with van der Waals surface area (Å²) < 4.78 is 31.0. The Hall–Kier alpha value is -1.02. The van der Waals surface area contributed by atoms with E-state index in [-0.39, 0.29) is 12.1 Å². The molecule has 3 rings (SSSR count). The molecule has 0 saturated carbocycles. The summed E-state index contributed by atoms with van der Waals surface area (Å²) in [5.41, 5.74) is 1.20. The van der Waals surface area contributed by atoms with Crippen LogP contribution in [0.4, 0.5) is 0 Å². The smallest absolute Gasteiger partial charge is 0.211 e. The molecule has 2 saturated heterocycles. The average Bonchev–Trinajstić information content (AvgIpc) is 2.47. The molecule has 0 N–H and O–H groups in total. The number of sulfonamides is 1. The summed E-state index contributed by atoms with van der Waals surface area (Å²) in [6, 6.07) is 4.14. The maximum atomic E-state index is 11.8. The van der Waals surface area contributed by atoms with Crippen molar-refractivity contribution in [3.8, 4) is 0 Å². The maximum Gasteiger partial charge on any atom is 0.211 e. The molecule has 2 atom stereocenters. The molecule has 0 aliphatic carbocycles. The van der Waals surface area contributed by atoms with Crippen LogP contribution < -0.4 is 0 Å². The number of morpholine rings is 1. The van der Waals surface area contributed by atoms with Crippen molar-refractivity contribution in [1.29, 1.82) is 0 Å². The van der Waals surface area contributed by atoms with Crippen molar-refractivity contribution in [3.05, 3.63) is 30.1 Å². The first-order chi connectivity index (χ1) is 10.0. The van der Waals surface area contributed by atoms with Gasteiger partial charge in [0.15, 0.2) is 0 Å². The van der Waals surface area contributed by atoms with E-state index in [1.54, 1.807) is 16.7 Å². The Labute approximate surface area is 125 Å². The first-order valence-corrected chi connectivity index (χ1v) is 9.08. The summed E-state index contributed by atoms with van der Waals surface area (Å²) >= 11 is 0. The van der Waals surface area contributed by atoms with Crippen molar-refractivity contribution in [2.24, 2.45) is 0 Å². The molecule has 0 bridgehead atoms. The van der Waals surface area contributed by atoms with Crippen LogP contribution in [-0.2, 0) is 21.3 Å². The zero-order valence-corrected chi connectivity index (χ0v) is 13.0. The SMILES string of the molecule is CS(=O)(=O)N1CC[C@@H]2OCCN(Cc3ccncc3)[C@H]2C1. The lowest BCUT2D eigenvalue weighted by molar-refractivity contribution is -0.0958. The summed E-state index contributed by atoms with van der Waals surface area (Å²) in [5.74, 6) is 0. The van der Waals surface area contributed by atoms with Crippen LogP contribution in [-0.4, -0.2) is 67.2 Å². The molecule has 116 valence electrons. The highest BCUT2D eigenvalue weighted by atomic mass is 32.2. The lowest BCUT2D eigenvalue weighted by Gasteiger charge is -2.46. The van der Waals surface area contributed by atoms with E-state index in [0.29, 0.717) is 19.7 Å². The van der Waals surface area contributed by atoms with Crippen molar-refractivity contribution in [3.63, 3.8) is 0 Å². The van der Waals surface area contributed by atoms with Crippen molar-refractivity contribution >= 4 is 10.0 Å². The zero-order chi connectivity index (χ0) is 14.9. The van der Waals surface area contributed by atoms with Crippen molar-refractivity contribution in [2.45, 2.75) is 25.1 Å². The largest absolute Gasteiger partial charge is 0.375 e. The Bertz CT molecular complexity index is 578. The molecule has 21 heavy (non-hydrogen) atoms. The molecular weight excluding hydrogens is 290 g/mol. The number of rotatable bonds is 3. The summed E-state index contributed by atoms with van der Waals surface area (Å²) in [4.78, 5) is 6.37. The number of nitrogens with zero attached hydrogens (tertiary/aromatic N) is 3. The molecule has 3 heterocycles. The number of aromatic nitrogens is 1. The van der Waals surface area contributed by atoms with E-state index in [1.807, 2.05) is 12.1 Å². The Morgan fingerprint density at radius 2 is 2.10 bits per heavy atom. The first-order valence-electron chi connectivity index (χ1n) is 7.24. The van der Waals surface area contributed by atoms with E-state index >= 15 is 0 Å². The van der Waals surface area contributed by atoms with Crippen LogP contribution >= 0.6 is 0 Å². The molecule has 2 fully saturated rings. The fourth-order valence-corrected chi connectivity index (χ4v) is 3.99. The number of ether oxygens (including phenoxy) is 1. The second kappa shape index (κ2) is 6.00. The molecule has 7 heteroatoms. The van der Waals surface area contributed by atoms with Gasteiger partial charge in [-0.05, 0) is 24.1 Å². The fraction of sp³-hybridized carbons (Fsp3) is 0.643. The minimum atomic E-state index is -3.13. The third-order valence-corrected chi connectivity index (χ3v) is 5.54. The maximum absolute atomic E-state index is 11.8. The quantitative estimate of drug-likeness (QED) is 0.804. The highest BCUT2D eigenvalue weighted by molar-refractivity contribution is 7.88. The molecule has 0 radical (unpaired) electrons. The Kier molecular flexibility index (Phi) is 4.26. The molecule has 1 aromatic rings. The molecule has 1 aromatic heterocycles. The van der Waals surface area contributed by atoms with Gasteiger partial charge in [-0.2, -0.15) is 0 Å². The predicted octanol–water partition coefficient (Wildman–Crippen LogP) is 0.316. The number of piperidine rings is 1. The fourth-order valence-electron chi connectivity index (χ4n) is 3.13. The third kappa shape index (κ3) is 3.42. The van der Waals surface area contributed by atoms with E-state index in [0.717, 1.165) is 19.5 Å². The van der Waals surface area contributed by atoms with Gasteiger partial charge in [0.05, 0.1) is 25.0 Å². The minimum absolute atomic E-state index is 0.135. The molecule has 0 amide bonds. The topological polar surface area (TPSA) is 62.7 Å². The zero-order valence-electron chi connectivity index (χ0n) is 12.2.